The molecular weight excluding hydrogens is 765 g/mol. The summed E-state index contributed by atoms with van der Waals surface area (Å²) in [6, 6.07) is 0.694. The van der Waals surface area contributed by atoms with Gasteiger partial charge in [0.15, 0.2) is 23.0 Å². The van der Waals surface area contributed by atoms with Crippen molar-refractivity contribution in [2.75, 3.05) is 33.7 Å². The van der Waals surface area contributed by atoms with E-state index in [0.29, 0.717) is 45.6 Å². The average Bonchev–Trinajstić information content (AvgIpc) is 3.60. The molecule has 0 spiro atoms. The molecule has 1 N–H and O–H groups in total. The Morgan fingerprint density at radius 2 is 1.49 bits per heavy atom. The van der Waals surface area contributed by atoms with Gasteiger partial charge in [0, 0.05) is 29.5 Å². The summed E-state index contributed by atoms with van der Waals surface area (Å²) in [5.41, 5.74) is 2.74. The molecule has 2 bridgehead atoms. The number of rotatable bonds is 14. The number of alkyl carbamates (subject to hydrolysis) is 1. The second-order valence-corrected chi connectivity index (χ2v) is 27.2. The first-order valence-corrected chi connectivity index (χ1v) is 25.2. The minimum atomic E-state index is -2.43. The van der Waals surface area contributed by atoms with Crippen LogP contribution in [0.3, 0.4) is 0 Å². The van der Waals surface area contributed by atoms with Gasteiger partial charge in [-0.3, -0.25) is 4.79 Å². The number of methoxy groups -OCH3 is 1. The number of ether oxygens (including phenoxy) is 6. The van der Waals surface area contributed by atoms with Gasteiger partial charge in [0.1, 0.15) is 37.7 Å². The SMILES string of the molecule is C=CCOC(=O)N[C@@H](Cc1cc(O[Si](C)(C)C(C)(C)C)c(OC)c(O[Si](C)(C)C(C)(C)C)c1)C(=O)N1[C@H]2Cc3c(OCC=C)c(C)c4c(c3[C@@H]1COC2=O)OCO4. The van der Waals surface area contributed by atoms with Crippen molar-refractivity contribution in [2.24, 2.45) is 0 Å². The van der Waals surface area contributed by atoms with Crippen LogP contribution in [0.25, 0.3) is 0 Å². The molecule has 0 aliphatic carbocycles. The van der Waals surface area contributed by atoms with E-state index in [0.717, 1.165) is 11.1 Å². The zero-order chi connectivity index (χ0) is 42.2. The highest BCUT2D eigenvalue weighted by molar-refractivity contribution is 6.75. The fourth-order valence-corrected chi connectivity index (χ4v) is 8.72. The first-order chi connectivity index (χ1) is 26.6. The molecule has 312 valence electrons. The van der Waals surface area contributed by atoms with E-state index in [9.17, 15) is 9.59 Å². The number of carbonyl (C=O) groups excluding carboxylic acids is 3. The van der Waals surface area contributed by atoms with E-state index in [1.807, 2.05) is 19.1 Å². The molecule has 0 saturated carbocycles. The molecule has 2 aromatic rings. The zero-order valence-electron chi connectivity index (χ0n) is 35.6. The Morgan fingerprint density at radius 1 is 0.912 bits per heavy atom. The minimum absolute atomic E-state index is 0.00903. The number of hydrogen-bond acceptors (Lipinski definition) is 11. The monoisotopic (exact) mass is 824 g/mol. The third-order valence-electron chi connectivity index (χ3n) is 11.8. The van der Waals surface area contributed by atoms with Crippen molar-refractivity contribution >= 4 is 34.6 Å². The maximum absolute atomic E-state index is 15.2. The second kappa shape index (κ2) is 16.3. The Bertz CT molecular complexity index is 1870. The number of hydrogen-bond donors (Lipinski definition) is 1. The molecule has 15 heteroatoms. The summed E-state index contributed by atoms with van der Waals surface area (Å²) in [6.45, 7) is 30.8. The van der Waals surface area contributed by atoms with Gasteiger partial charge in [-0.1, -0.05) is 66.9 Å². The number of nitrogens with zero attached hydrogens (tertiary/aromatic N) is 1. The zero-order valence-corrected chi connectivity index (χ0v) is 37.6. The lowest BCUT2D eigenvalue weighted by Gasteiger charge is -2.46. The molecule has 0 radical (unpaired) electrons. The molecule has 3 aliphatic heterocycles. The van der Waals surface area contributed by atoms with Crippen molar-refractivity contribution in [3.05, 3.63) is 59.7 Å². The molecule has 0 aromatic heterocycles. The second-order valence-electron chi connectivity index (χ2n) is 17.8. The van der Waals surface area contributed by atoms with E-state index < -0.39 is 52.7 Å². The number of esters is 1. The van der Waals surface area contributed by atoms with E-state index in [2.05, 4.69) is 86.2 Å². The molecule has 2 amide bonds. The van der Waals surface area contributed by atoms with Crippen LogP contribution < -0.4 is 33.1 Å². The minimum Gasteiger partial charge on any atom is -0.541 e. The van der Waals surface area contributed by atoms with E-state index in [1.165, 1.54) is 11.0 Å². The van der Waals surface area contributed by atoms with Crippen LogP contribution in [0.2, 0.25) is 36.3 Å². The molecule has 0 unspecified atom stereocenters. The number of benzene rings is 2. The van der Waals surface area contributed by atoms with E-state index in [4.69, 9.17) is 37.3 Å². The Kier molecular flexibility index (Phi) is 12.4. The first-order valence-electron chi connectivity index (χ1n) is 19.4. The van der Waals surface area contributed by atoms with Crippen molar-refractivity contribution in [2.45, 2.75) is 116 Å². The molecule has 5 rings (SSSR count). The molecule has 1 saturated heterocycles. The van der Waals surface area contributed by atoms with Crippen molar-refractivity contribution in [1.29, 1.82) is 0 Å². The smallest absolute Gasteiger partial charge is 0.408 e. The normalized spacial score (nSPS) is 18.1. The highest BCUT2D eigenvalue weighted by Gasteiger charge is 2.51. The summed E-state index contributed by atoms with van der Waals surface area (Å²) in [5, 5.41) is 2.50. The van der Waals surface area contributed by atoms with Gasteiger partial charge in [0.05, 0.1) is 13.2 Å². The van der Waals surface area contributed by atoms with Gasteiger partial charge in [0.2, 0.25) is 18.4 Å². The van der Waals surface area contributed by atoms with Crippen LogP contribution in [0.4, 0.5) is 4.79 Å². The van der Waals surface area contributed by atoms with Crippen molar-refractivity contribution in [1.82, 2.24) is 10.2 Å². The van der Waals surface area contributed by atoms with Crippen molar-refractivity contribution < 1.29 is 51.7 Å². The fraction of sp³-hybridized carbons (Fsp3) is 0.548. The van der Waals surface area contributed by atoms with Crippen LogP contribution in [0.15, 0.2) is 37.4 Å². The predicted molar refractivity (Wildman–Crippen MR) is 222 cm³/mol. The molecule has 1 fully saturated rings. The lowest BCUT2D eigenvalue weighted by molar-refractivity contribution is -0.172. The summed E-state index contributed by atoms with van der Waals surface area (Å²) < 4.78 is 48.9. The van der Waals surface area contributed by atoms with E-state index in [1.54, 1.807) is 13.2 Å². The van der Waals surface area contributed by atoms with E-state index in [-0.39, 0.29) is 49.5 Å². The third-order valence-corrected chi connectivity index (χ3v) is 20.5. The molecule has 13 nitrogen and oxygen atoms in total. The van der Waals surface area contributed by atoms with Gasteiger partial charge in [-0.05, 0) is 60.9 Å². The molecule has 3 atom stereocenters. The molecular formula is C42H60N2O11Si2. The van der Waals surface area contributed by atoms with Gasteiger partial charge in [0.25, 0.3) is 16.6 Å². The topological polar surface area (TPSA) is 140 Å². The fourth-order valence-electron chi connectivity index (χ4n) is 6.70. The maximum Gasteiger partial charge on any atom is 0.408 e. The van der Waals surface area contributed by atoms with Gasteiger partial charge in [-0.2, -0.15) is 0 Å². The van der Waals surface area contributed by atoms with Crippen LogP contribution in [0.5, 0.6) is 34.5 Å². The van der Waals surface area contributed by atoms with Gasteiger partial charge in [-0.25, -0.2) is 9.59 Å². The number of morpholine rings is 1. The number of amides is 2. The summed E-state index contributed by atoms with van der Waals surface area (Å²) in [4.78, 5) is 43.6. The molecule has 3 heterocycles. The summed E-state index contributed by atoms with van der Waals surface area (Å²) in [5.74, 6) is 1.87. The van der Waals surface area contributed by atoms with Crippen LogP contribution in [-0.2, 0) is 31.9 Å². The van der Waals surface area contributed by atoms with Gasteiger partial charge in [-0.15, -0.1) is 0 Å². The van der Waals surface area contributed by atoms with Crippen LogP contribution in [0, 0.1) is 6.92 Å². The number of nitrogens with one attached hydrogen (secondary N) is 1. The number of cyclic esters (lactones) is 1. The van der Waals surface area contributed by atoms with Gasteiger partial charge >= 0.3 is 12.1 Å². The Balaban J connectivity index is 1.64. The predicted octanol–water partition coefficient (Wildman–Crippen LogP) is 7.94. The summed E-state index contributed by atoms with van der Waals surface area (Å²) >= 11 is 0. The third kappa shape index (κ3) is 8.64. The van der Waals surface area contributed by atoms with Crippen molar-refractivity contribution in [3.63, 3.8) is 0 Å². The maximum atomic E-state index is 15.2. The Labute approximate surface area is 339 Å². The van der Waals surface area contributed by atoms with Crippen molar-refractivity contribution in [3.8, 4) is 34.5 Å². The van der Waals surface area contributed by atoms with E-state index >= 15 is 4.79 Å². The Morgan fingerprint density at radius 3 is 2.04 bits per heavy atom. The average molecular weight is 825 g/mol. The molecule has 57 heavy (non-hydrogen) atoms. The number of carbonyl (C=O) groups is 3. The summed E-state index contributed by atoms with van der Waals surface area (Å²) in [7, 11) is -3.28. The van der Waals surface area contributed by atoms with Crippen LogP contribution >= 0.6 is 0 Å². The molecule has 3 aliphatic rings. The lowest BCUT2D eigenvalue weighted by atomic mass is 9.83. The standard InChI is InChI=1S/C42H60N2O11Si2/c1-15-17-49-34-25(3)35-37(53-24-52-35)33-27(34)22-29-39(46)51-23-30(33)44(29)38(45)28(43-40(47)50-18-16-2)19-26-20-31(54-56(11,12)41(4,5)6)36(48-10)32(21-26)55-57(13,14)42(7,8)9/h15-16,20-21,28-30H,1-2,17-19,22-24H2,3-14H3,(H,43,47)/t28-,29-,30-/m0/s1. The summed E-state index contributed by atoms with van der Waals surface area (Å²) in [6.07, 6.45) is 2.33. The largest absolute Gasteiger partial charge is 0.541 e. The van der Waals surface area contributed by atoms with Crippen LogP contribution in [-0.4, -0.2) is 85.3 Å². The first kappa shape index (κ1) is 43.5. The Hall–Kier alpha value is -4.64. The van der Waals surface area contributed by atoms with Crippen LogP contribution in [0.1, 0.15) is 69.8 Å². The highest BCUT2D eigenvalue weighted by atomic mass is 28.4. The van der Waals surface area contributed by atoms with Gasteiger partial charge < -0.3 is 47.5 Å². The lowest BCUT2D eigenvalue weighted by Crippen LogP contribution is -2.61. The molecule has 2 aromatic carbocycles. The quantitative estimate of drug-likeness (QED) is 0.113. The highest BCUT2D eigenvalue weighted by Crippen LogP contribution is 2.54. The number of fused-ring (bicyclic) bond motifs is 6.